The number of carbonyl (C=O) groups is 1. The zero-order valence-corrected chi connectivity index (χ0v) is 9.86. The van der Waals surface area contributed by atoms with E-state index in [1.807, 2.05) is 4.98 Å². The van der Waals surface area contributed by atoms with Crippen LogP contribution in [0.5, 0.6) is 0 Å². The summed E-state index contributed by atoms with van der Waals surface area (Å²) in [6, 6.07) is 1.09. The standard InChI is InChI=1S/C11H16N4O3/c12-5-6-2-1-3-7(6)13-10(17)8-4-9(16)15-11(18)14-8/h4,6-7H,1-3,5,12H2,(H,13,17)(H2,14,15,16,18). The molecule has 5 N–H and O–H groups in total. The second-order valence-corrected chi connectivity index (χ2v) is 4.51. The van der Waals surface area contributed by atoms with Crippen molar-refractivity contribution in [3.63, 3.8) is 0 Å². The van der Waals surface area contributed by atoms with Crippen LogP contribution >= 0.6 is 0 Å². The Balaban J connectivity index is 2.12. The molecule has 2 unspecified atom stereocenters. The molecule has 1 amide bonds. The first-order valence-electron chi connectivity index (χ1n) is 5.94. The minimum Gasteiger partial charge on any atom is -0.348 e. The summed E-state index contributed by atoms with van der Waals surface area (Å²) in [5, 5.41) is 2.81. The SMILES string of the molecule is NCC1CCCC1NC(=O)c1cc(=O)[nH]c(=O)[nH]1. The van der Waals surface area contributed by atoms with Crippen LogP contribution in [-0.2, 0) is 0 Å². The molecule has 1 aliphatic carbocycles. The largest absolute Gasteiger partial charge is 0.348 e. The van der Waals surface area contributed by atoms with Gasteiger partial charge in [0.1, 0.15) is 5.69 Å². The second-order valence-electron chi connectivity index (χ2n) is 4.51. The van der Waals surface area contributed by atoms with Crippen LogP contribution < -0.4 is 22.3 Å². The Hall–Kier alpha value is -1.89. The summed E-state index contributed by atoms with van der Waals surface area (Å²) in [7, 11) is 0. The van der Waals surface area contributed by atoms with Gasteiger partial charge in [-0.15, -0.1) is 0 Å². The highest BCUT2D eigenvalue weighted by atomic mass is 16.2. The van der Waals surface area contributed by atoms with Gasteiger partial charge in [0.15, 0.2) is 0 Å². The van der Waals surface area contributed by atoms with Crippen molar-refractivity contribution in [2.75, 3.05) is 6.54 Å². The van der Waals surface area contributed by atoms with Crippen molar-refractivity contribution in [1.29, 1.82) is 0 Å². The van der Waals surface area contributed by atoms with Crippen LogP contribution in [0.15, 0.2) is 15.7 Å². The Morgan fingerprint density at radius 1 is 1.39 bits per heavy atom. The average molecular weight is 252 g/mol. The van der Waals surface area contributed by atoms with E-state index >= 15 is 0 Å². The van der Waals surface area contributed by atoms with E-state index in [9.17, 15) is 14.4 Å². The molecule has 0 spiro atoms. The Morgan fingerprint density at radius 2 is 2.17 bits per heavy atom. The molecule has 1 aromatic heterocycles. The number of rotatable bonds is 3. The smallest absolute Gasteiger partial charge is 0.326 e. The summed E-state index contributed by atoms with van der Waals surface area (Å²) in [4.78, 5) is 38.4. The van der Waals surface area contributed by atoms with Gasteiger partial charge in [-0.1, -0.05) is 6.42 Å². The monoisotopic (exact) mass is 252 g/mol. The molecule has 18 heavy (non-hydrogen) atoms. The molecule has 2 rings (SSSR count). The molecular weight excluding hydrogens is 236 g/mol. The van der Waals surface area contributed by atoms with E-state index < -0.39 is 17.2 Å². The summed E-state index contributed by atoms with van der Waals surface area (Å²) >= 11 is 0. The molecular formula is C11H16N4O3. The summed E-state index contributed by atoms with van der Waals surface area (Å²) in [6.45, 7) is 0.525. The first-order chi connectivity index (χ1) is 8.60. The highest BCUT2D eigenvalue weighted by Crippen LogP contribution is 2.24. The molecule has 0 bridgehead atoms. The van der Waals surface area contributed by atoms with E-state index in [-0.39, 0.29) is 17.7 Å². The first kappa shape index (κ1) is 12.6. The van der Waals surface area contributed by atoms with Gasteiger partial charge < -0.3 is 16.0 Å². The van der Waals surface area contributed by atoms with E-state index in [4.69, 9.17) is 5.73 Å². The predicted molar refractivity (Wildman–Crippen MR) is 65.3 cm³/mol. The van der Waals surface area contributed by atoms with Crippen LogP contribution in [0.3, 0.4) is 0 Å². The zero-order chi connectivity index (χ0) is 13.1. The third-order valence-electron chi connectivity index (χ3n) is 3.28. The molecule has 1 fully saturated rings. The summed E-state index contributed by atoms with van der Waals surface area (Å²) in [5.74, 6) is -0.175. The van der Waals surface area contributed by atoms with Crippen LogP contribution in [0.1, 0.15) is 29.8 Å². The Kier molecular flexibility index (Phi) is 3.61. The third-order valence-corrected chi connectivity index (χ3v) is 3.28. The number of hydrogen-bond donors (Lipinski definition) is 4. The van der Waals surface area contributed by atoms with Crippen molar-refractivity contribution >= 4 is 5.91 Å². The van der Waals surface area contributed by atoms with E-state index in [0.717, 1.165) is 25.3 Å². The lowest BCUT2D eigenvalue weighted by Crippen LogP contribution is -2.41. The Labute approximate surface area is 103 Å². The van der Waals surface area contributed by atoms with Crippen molar-refractivity contribution in [1.82, 2.24) is 15.3 Å². The molecule has 2 atom stereocenters. The summed E-state index contributed by atoms with van der Waals surface area (Å²) in [5.41, 5.74) is 4.32. The number of carbonyl (C=O) groups excluding carboxylic acids is 1. The van der Waals surface area contributed by atoms with E-state index in [2.05, 4.69) is 10.3 Å². The van der Waals surface area contributed by atoms with E-state index in [0.29, 0.717) is 6.54 Å². The van der Waals surface area contributed by atoms with Gasteiger partial charge in [-0.05, 0) is 25.3 Å². The number of hydrogen-bond acceptors (Lipinski definition) is 4. The number of aromatic nitrogens is 2. The minimum absolute atomic E-state index is 0.0188. The minimum atomic E-state index is -0.686. The van der Waals surface area contributed by atoms with Gasteiger partial charge in [0, 0.05) is 12.1 Å². The van der Waals surface area contributed by atoms with Crippen LogP contribution in [0, 0.1) is 5.92 Å². The lowest BCUT2D eigenvalue weighted by molar-refractivity contribution is 0.0923. The first-order valence-corrected chi connectivity index (χ1v) is 5.94. The van der Waals surface area contributed by atoms with Crippen LogP contribution in [0.25, 0.3) is 0 Å². The molecule has 7 heteroatoms. The molecule has 1 aromatic rings. The molecule has 7 nitrogen and oxygen atoms in total. The molecule has 0 aliphatic heterocycles. The van der Waals surface area contributed by atoms with Gasteiger partial charge in [0.2, 0.25) is 0 Å². The molecule has 0 saturated heterocycles. The lowest BCUT2D eigenvalue weighted by Gasteiger charge is -2.19. The third kappa shape index (κ3) is 2.67. The second kappa shape index (κ2) is 5.18. The topological polar surface area (TPSA) is 121 Å². The van der Waals surface area contributed by atoms with Crippen molar-refractivity contribution in [3.05, 3.63) is 32.6 Å². The number of nitrogens with two attached hydrogens (primary N) is 1. The lowest BCUT2D eigenvalue weighted by atomic mass is 10.0. The molecule has 98 valence electrons. The highest BCUT2D eigenvalue weighted by molar-refractivity contribution is 5.92. The molecule has 1 heterocycles. The number of amides is 1. The van der Waals surface area contributed by atoms with E-state index in [1.165, 1.54) is 0 Å². The number of aromatic amines is 2. The van der Waals surface area contributed by atoms with Gasteiger partial charge >= 0.3 is 5.69 Å². The van der Waals surface area contributed by atoms with Crippen molar-refractivity contribution in [2.45, 2.75) is 25.3 Å². The molecule has 1 saturated carbocycles. The summed E-state index contributed by atoms with van der Waals surface area (Å²) < 4.78 is 0. The average Bonchev–Trinajstić information content (AvgIpc) is 2.75. The fourth-order valence-corrected chi connectivity index (χ4v) is 2.35. The molecule has 1 aliphatic rings. The Bertz CT molecular complexity index is 519. The van der Waals surface area contributed by atoms with Gasteiger partial charge in [0.25, 0.3) is 11.5 Å². The number of nitrogens with one attached hydrogen (secondary N) is 3. The summed E-state index contributed by atoms with van der Waals surface area (Å²) in [6.07, 6.45) is 2.90. The maximum Gasteiger partial charge on any atom is 0.326 e. The van der Waals surface area contributed by atoms with Crippen molar-refractivity contribution < 1.29 is 4.79 Å². The highest BCUT2D eigenvalue weighted by Gasteiger charge is 2.27. The van der Waals surface area contributed by atoms with Crippen molar-refractivity contribution in [3.8, 4) is 0 Å². The van der Waals surface area contributed by atoms with E-state index in [1.54, 1.807) is 0 Å². The fourth-order valence-electron chi connectivity index (χ4n) is 2.35. The normalized spacial score (nSPS) is 22.9. The van der Waals surface area contributed by atoms with Gasteiger partial charge in [-0.2, -0.15) is 0 Å². The fraction of sp³-hybridized carbons (Fsp3) is 0.545. The predicted octanol–water partition coefficient (Wildman–Crippen LogP) is -1.08. The van der Waals surface area contributed by atoms with Crippen LogP contribution in [0.4, 0.5) is 0 Å². The molecule has 0 aromatic carbocycles. The Morgan fingerprint density at radius 3 is 2.83 bits per heavy atom. The van der Waals surface area contributed by atoms with Gasteiger partial charge in [0.05, 0.1) is 0 Å². The molecule has 0 radical (unpaired) electrons. The zero-order valence-electron chi connectivity index (χ0n) is 9.86. The van der Waals surface area contributed by atoms with Gasteiger partial charge in [-0.25, -0.2) is 4.79 Å². The van der Waals surface area contributed by atoms with Crippen LogP contribution in [0.2, 0.25) is 0 Å². The maximum atomic E-state index is 11.9. The quantitative estimate of drug-likeness (QED) is 0.546. The van der Waals surface area contributed by atoms with Crippen molar-refractivity contribution in [2.24, 2.45) is 11.7 Å². The van der Waals surface area contributed by atoms with Gasteiger partial charge in [-0.3, -0.25) is 14.6 Å². The number of H-pyrrole nitrogens is 2. The van der Waals surface area contributed by atoms with Crippen LogP contribution in [-0.4, -0.2) is 28.5 Å². The maximum absolute atomic E-state index is 11.9.